The fourth-order valence-electron chi connectivity index (χ4n) is 3.54. The van der Waals surface area contributed by atoms with Crippen LogP contribution in [0, 0.1) is 0 Å². The Hall–Kier alpha value is -2.21. The third-order valence-corrected chi connectivity index (χ3v) is 5.39. The lowest BCUT2D eigenvalue weighted by Crippen LogP contribution is -2.29. The summed E-state index contributed by atoms with van der Waals surface area (Å²) in [7, 11) is 0. The van der Waals surface area contributed by atoms with Crippen LogP contribution in [0.2, 0.25) is 10.0 Å². The third-order valence-electron chi connectivity index (χ3n) is 4.90. The van der Waals surface area contributed by atoms with Crippen LogP contribution < -0.4 is 20.9 Å². The second kappa shape index (κ2) is 8.43. The smallest absolute Gasteiger partial charge is 0.189 e. The van der Waals surface area contributed by atoms with Crippen molar-refractivity contribution in [2.75, 3.05) is 25.1 Å². The van der Waals surface area contributed by atoms with E-state index in [4.69, 9.17) is 27.9 Å². The summed E-state index contributed by atoms with van der Waals surface area (Å²) in [5.74, 6) is 0.729. The van der Waals surface area contributed by atoms with Gasteiger partial charge in [0.05, 0.1) is 17.1 Å². The highest BCUT2D eigenvalue weighted by molar-refractivity contribution is 6.35. The van der Waals surface area contributed by atoms with Crippen LogP contribution in [0.5, 0.6) is 5.75 Å². The summed E-state index contributed by atoms with van der Waals surface area (Å²) in [5, 5.41) is 5.45. The number of halogens is 2. The van der Waals surface area contributed by atoms with Crippen LogP contribution in [0.25, 0.3) is 10.9 Å². The number of ether oxygens (including phenoxy) is 1. The number of rotatable bonds is 6. The predicted molar refractivity (Wildman–Crippen MR) is 114 cm³/mol. The first-order valence-electron chi connectivity index (χ1n) is 9.33. The van der Waals surface area contributed by atoms with Crippen LogP contribution >= 0.6 is 23.2 Å². The molecule has 146 valence electrons. The van der Waals surface area contributed by atoms with Crippen LogP contribution in [-0.2, 0) is 0 Å². The van der Waals surface area contributed by atoms with Gasteiger partial charge in [0.25, 0.3) is 0 Å². The zero-order valence-electron chi connectivity index (χ0n) is 15.3. The fourth-order valence-corrected chi connectivity index (χ4v) is 4.11. The van der Waals surface area contributed by atoms with E-state index in [1.807, 2.05) is 35.0 Å². The monoisotopic (exact) mass is 417 g/mol. The number of benzene rings is 2. The summed E-state index contributed by atoms with van der Waals surface area (Å²) < 4.78 is 7.61. The van der Waals surface area contributed by atoms with Crippen molar-refractivity contribution in [1.29, 1.82) is 0 Å². The van der Waals surface area contributed by atoms with Crippen LogP contribution in [0.1, 0.15) is 24.4 Å². The van der Waals surface area contributed by atoms with Crippen molar-refractivity contribution in [3.05, 3.63) is 74.5 Å². The lowest BCUT2D eigenvalue weighted by atomic mass is 10.0. The Labute approximate surface area is 173 Å². The number of para-hydroxylation sites is 1. The zero-order valence-corrected chi connectivity index (χ0v) is 16.8. The normalized spacial score (nSPS) is 15.9. The Bertz CT molecular complexity index is 1050. The number of aromatic nitrogens is 1. The highest BCUT2D eigenvalue weighted by Gasteiger charge is 2.23. The van der Waals surface area contributed by atoms with Crippen molar-refractivity contribution >= 4 is 34.1 Å². The van der Waals surface area contributed by atoms with Crippen molar-refractivity contribution in [1.82, 2.24) is 9.99 Å². The van der Waals surface area contributed by atoms with E-state index in [1.165, 1.54) is 0 Å². The molecular formula is C21H21Cl2N3O2. The van der Waals surface area contributed by atoms with E-state index >= 15 is 0 Å². The van der Waals surface area contributed by atoms with Gasteiger partial charge < -0.3 is 15.5 Å². The molecule has 0 saturated heterocycles. The highest BCUT2D eigenvalue weighted by atomic mass is 35.5. The molecule has 0 amide bonds. The Kier molecular flexibility index (Phi) is 5.76. The fraction of sp³-hybridized carbons (Fsp3) is 0.286. The van der Waals surface area contributed by atoms with Crippen LogP contribution in [-0.4, -0.2) is 24.4 Å². The van der Waals surface area contributed by atoms with E-state index < -0.39 is 0 Å². The maximum atomic E-state index is 12.0. The minimum atomic E-state index is 0.0332. The van der Waals surface area contributed by atoms with Crippen molar-refractivity contribution in [2.45, 2.75) is 18.9 Å². The number of pyridine rings is 1. The molecule has 0 fully saturated rings. The Balaban J connectivity index is 1.35. The topological polar surface area (TPSA) is 55.3 Å². The molecule has 0 spiro atoms. The van der Waals surface area contributed by atoms with E-state index in [0.717, 1.165) is 42.8 Å². The van der Waals surface area contributed by atoms with Gasteiger partial charge in [-0.15, -0.1) is 0 Å². The van der Waals surface area contributed by atoms with Gasteiger partial charge in [0.15, 0.2) is 5.43 Å². The van der Waals surface area contributed by atoms with Gasteiger partial charge in [-0.2, -0.15) is 0 Å². The van der Waals surface area contributed by atoms with Crippen LogP contribution in [0.3, 0.4) is 0 Å². The van der Waals surface area contributed by atoms with Gasteiger partial charge in [-0.25, -0.2) is 0 Å². The van der Waals surface area contributed by atoms with Crippen molar-refractivity contribution < 1.29 is 4.74 Å². The molecule has 2 aromatic carbocycles. The highest BCUT2D eigenvalue weighted by Crippen LogP contribution is 2.39. The molecule has 0 aliphatic carbocycles. The van der Waals surface area contributed by atoms with Gasteiger partial charge in [-0.1, -0.05) is 35.3 Å². The van der Waals surface area contributed by atoms with Crippen LogP contribution in [0.4, 0.5) is 0 Å². The van der Waals surface area contributed by atoms with E-state index in [9.17, 15) is 4.79 Å². The number of hydrogen-bond donors (Lipinski definition) is 2. The summed E-state index contributed by atoms with van der Waals surface area (Å²) in [4.78, 5) is 12.0. The van der Waals surface area contributed by atoms with Gasteiger partial charge in [-0.3, -0.25) is 9.47 Å². The lowest BCUT2D eigenvalue weighted by Gasteiger charge is -2.28. The van der Waals surface area contributed by atoms with Crippen molar-refractivity contribution in [2.24, 2.45) is 0 Å². The molecule has 28 heavy (non-hydrogen) atoms. The lowest BCUT2D eigenvalue weighted by molar-refractivity contribution is 0.253. The largest absolute Gasteiger partial charge is 0.492 e. The van der Waals surface area contributed by atoms with Crippen molar-refractivity contribution in [3.8, 4) is 5.75 Å². The molecule has 0 radical (unpaired) electrons. The summed E-state index contributed by atoms with van der Waals surface area (Å²) in [5.41, 5.74) is 5.29. The number of hydrogen-bond acceptors (Lipinski definition) is 4. The molecule has 2 heterocycles. The molecule has 2 N–H and O–H groups in total. The minimum Gasteiger partial charge on any atom is -0.492 e. The van der Waals surface area contributed by atoms with Crippen molar-refractivity contribution in [3.63, 3.8) is 0 Å². The first kappa shape index (κ1) is 19.1. The molecule has 7 heteroatoms. The SMILES string of the molecule is O=c1ccn(NCCCNC2CCOc3c(Cl)cc(Cl)cc32)c2ccccc12. The molecule has 1 aliphatic heterocycles. The van der Waals surface area contributed by atoms with Gasteiger partial charge in [0, 0.05) is 47.2 Å². The Morgan fingerprint density at radius 3 is 2.89 bits per heavy atom. The quantitative estimate of drug-likeness (QED) is 0.585. The molecule has 1 atom stereocenters. The third kappa shape index (κ3) is 3.97. The van der Waals surface area contributed by atoms with Gasteiger partial charge >= 0.3 is 0 Å². The first-order valence-corrected chi connectivity index (χ1v) is 10.1. The average molecular weight is 418 g/mol. The number of fused-ring (bicyclic) bond motifs is 2. The molecule has 1 aromatic heterocycles. The number of nitrogens with zero attached hydrogens (tertiary/aromatic N) is 1. The maximum Gasteiger partial charge on any atom is 0.189 e. The molecule has 0 bridgehead atoms. The standard InChI is InChI=1S/C21H21Cl2N3O2/c22-14-12-16-18(7-11-28-21(16)17(23)13-14)24-8-3-9-25-26-10-6-20(27)15-4-1-2-5-19(15)26/h1-2,4-6,10,12-13,18,24-25H,3,7-9,11H2. The second-order valence-corrected chi connectivity index (χ2v) is 7.62. The van der Waals surface area contributed by atoms with Gasteiger partial charge in [0.1, 0.15) is 5.75 Å². The van der Waals surface area contributed by atoms with E-state index in [2.05, 4.69) is 10.7 Å². The molecule has 3 aromatic rings. The summed E-state index contributed by atoms with van der Waals surface area (Å²) in [6.07, 6.45) is 3.57. The van der Waals surface area contributed by atoms with Gasteiger partial charge in [-0.05, 0) is 37.2 Å². The first-order chi connectivity index (χ1) is 13.6. The zero-order chi connectivity index (χ0) is 19.5. The predicted octanol–water partition coefficient (Wildman–Crippen LogP) is 4.36. The number of nitrogens with one attached hydrogen (secondary N) is 2. The Morgan fingerprint density at radius 2 is 2.00 bits per heavy atom. The molecule has 5 nitrogen and oxygen atoms in total. The average Bonchev–Trinajstić information content (AvgIpc) is 2.70. The second-order valence-electron chi connectivity index (χ2n) is 6.78. The molecular weight excluding hydrogens is 397 g/mol. The minimum absolute atomic E-state index is 0.0332. The van der Waals surface area contributed by atoms with E-state index in [1.54, 1.807) is 18.3 Å². The summed E-state index contributed by atoms with van der Waals surface area (Å²) in [6.45, 7) is 2.24. The van der Waals surface area contributed by atoms with E-state index in [-0.39, 0.29) is 11.5 Å². The molecule has 4 rings (SSSR count). The van der Waals surface area contributed by atoms with Gasteiger partial charge in [0.2, 0.25) is 0 Å². The van der Waals surface area contributed by atoms with Crippen LogP contribution in [0.15, 0.2) is 53.5 Å². The summed E-state index contributed by atoms with van der Waals surface area (Å²) in [6, 6.07) is 13.0. The maximum absolute atomic E-state index is 12.0. The molecule has 0 saturated carbocycles. The molecule has 1 unspecified atom stereocenters. The summed E-state index contributed by atoms with van der Waals surface area (Å²) >= 11 is 12.4. The Morgan fingerprint density at radius 1 is 1.14 bits per heavy atom. The van der Waals surface area contributed by atoms with E-state index in [0.29, 0.717) is 22.0 Å². The molecule has 1 aliphatic rings.